The Morgan fingerprint density at radius 2 is 1.71 bits per heavy atom. The lowest BCUT2D eigenvalue weighted by Gasteiger charge is -2.27. The number of ether oxygens (including phenoxy) is 1. The van der Waals surface area contributed by atoms with Crippen LogP contribution in [-0.4, -0.2) is 28.1 Å². The predicted octanol–water partition coefficient (Wildman–Crippen LogP) is 5.48. The van der Waals surface area contributed by atoms with Crippen molar-refractivity contribution >= 4 is 17.5 Å². The third kappa shape index (κ3) is 3.37. The lowest BCUT2D eigenvalue weighted by Crippen LogP contribution is -2.29. The molecule has 0 fully saturated rings. The Morgan fingerprint density at radius 3 is 2.42 bits per heavy atom. The molecule has 5 rings (SSSR count). The number of benzene rings is 3. The summed E-state index contributed by atoms with van der Waals surface area (Å²) in [5, 5.41) is 8.13. The van der Waals surface area contributed by atoms with Crippen LogP contribution in [0, 0.1) is 0 Å². The van der Waals surface area contributed by atoms with E-state index >= 15 is 0 Å². The monoisotopic (exact) mass is 429 g/mol. The molecule has 1 atom stereocenters. The summed E-state index contributed by atoms with van der Waals surface area (Å²) in [5.41, 5.74) is 5.03. The SMILES string of the molecule is COc1ccc(C2c3c(-c4ccccc4)n[nH]c3C(=O)N2Cc2ccccc2Cl)cc1. The first-order chi connectivity index (χ1) is 15.2. The number of aromatic nitrogens is 2. The minimum absolute atomic E-state index is 0.0922. The van der Waals surface area contributed by atoms with E-state index in [1.54, 1.807) is 7.11 Å². The Kier molecular flexibility index (Phi) is 4.96. The smallest absolute Gasteiger partial charge is 0.273 e. The number of aromatic amines is 1. The maximum absolute atomic E-state index is 13.5. The molecule has 1 amide bonds. The third-order valence-electron chi connectivity index (χ3n) is 5.64. The van der Waals surface area contributed by atoms with E-state index in [9.17, 15) is 4.79 Å². The molecular weight excluding hydrogens is 410 g/mol. The first-order valence-electron chi connectivity index (χ1n) is 9.99. The van der Waals surface area contributed by atoms with Gasteiger partial charge in [-0.25, -0.2) is 0 Å². The van der Waals surface area contributed by atoms with Crippen LogP contribution in [0.15, 0.2) is 78.9 Å². The molecule has 5 nitrogen and oxygen atoms in total. The summed E-state index contributed by atoms with van der Waals surface area (Å²) < 4.78 is 5.32. The third-order valence-corrected chi connectivity index (χ3v) is 6.01. The van der Waals surface area contributed by atoms with E-state index in [2.05, 4.69) is 10.2 Å². The lowest BCUT2D eigenvalue weighted by atomic mass is 9.96. The average molecular weight is 430 g/mol. The highest BCUT2D eigenvalue weighted by Gasteiger charge is 2.42. The van der Waals surface area contributed by atoms with E-state index in [0.717, 1.165) is 33.7 Å². The van der Waals surface area contributed by atoms with Gasteiger partial charge in [0.15, 0.2) is 0 Å². The fourth-order valence-electron chi connectivity index (χ4n) is 4.12. The predicted molar refractivity (Wildman–Crippen MR) is 120 cm³/mol. The summed E-state index contributed by atoms with van der Waals surface area (Å²) in [6.45, 7) is 0.395. The zero-order valence-corrected chi connectivity index (χ0v) is 17.6. The fraction of sp³-hybridized carbons (Fsp3) is 0.120. The number of carbonyl (C=O) groups is 1. The molecule has 0 spiro atoms. The van der Waals surface area contributed by atoms with Crippen molar-refractivity contribution in [2.75, 3.05) is 7.11 Å². The Bertz CT molecular complexity index is 1240. The van der Waals surface area contributed by atoms with Crippen LogP contribution in [0.5, 0.6) is 5.75 Å². The number of hydrogen-bond acceptors (Lipinski definition) is 3. The van der Waals surface area contributed by atoms with E-state index in [1.807, 2.05) is 83.8 Å². The van der Waals surface area contributed by atoms with Gasteiger partial charge in [0.05, 0.1) is 18.8 Å². The van der Waals surface area contributed by atoms with Crippen LogP contribution in [0.25, 0.3) is 11.3 Å². The Balaban J connectivity index is 1.65. The number of carbonyl (C=O) groups excluding carboxylic acids is 1. The van der Waals surface area contributed by atoms with E-state index in [4.69, 9.17) is 16.3 Å². The van der Waals surface area contributed by atoms with Gasteiger partial charge in [-0.1, -0.05) is 72.3 Å². The van der Waals surface area contributed by atoms with Crippen molar-refractivity contribution < 1.29 is 9.53 Å². The molecule has 1 aromatic heterocycles. The van der Waals surface area contributed by atoms with Gasteiger partial charge in [0, 0.05) is 22.7 Å². The van der Waals surface area contributed by atoms with E-state index < -0.39 is 0 Å². The van der Waals surface area contributed by atoms with Gasteiger partial charge in [-0.15, -0.1) is 0 Å². The number of halogens is 1. The standard InChI is InChI=1S/C25H20ClN3O2/c1-31-19-13-11-17(12-14-19)24-21-22(16-7-3-2-4-8-16)27-28-23(21)25(30)29(24)15-18-9-5-6-10-20(18)26/h2-14,24H,15H2,1H3,(H,27,28). The Hall–Kier alpha value is -3.57. The van der Waals surface area contributed by atoms with Gasteiger partial charge >= 0.3 is 0 Å². The van der Waals surface area contributed by atoms with Crippen LogP contribution in [0.1, 0.15) is 33.2 Å². The van der Waals surface area contributed by atoms with Crippen molar-refractivity contribution in [1.82, 2.24) is 15.1 Å². The Labute approximate surface area is 185 Å². The summed E-state index contributed by atoms with van der Waals surface area (Å²) in [6, 6.07) is 25.0. The molecule has 0 bridgehead atoms. The number of methoxy groups -OCH3 is 1. The maximum atomic E-state index is 13.5. The van der Waals surface area contributed by atoms with E-state index in [-0.39, 0.29) is 11.9 Å². The molecule has 2 heterocycles. The molecule has 154 valence electrons. The Morgan fingerprint density at radius 1 is 1.00 bits per heavy atom. The molecule has 0 radical (unpaired) electrons. The summed E-state index contributed by atoms with van der Waals surface area (Å²) in [6.07, 6.45) is 0. The van der Waals surface area contributed by atoms with Crippen molar-refractivity contribution in [3.05, 3.63) is 106 Å². The summed E-state index contributed by atoms with van der Waals surface area (Å²) >= 11 is 6.42. The quantitative estimate of drug-likeness (QED) is 0.456. The zero-order valence-electron chi connectivity index (χ0n) is 16.9. The minimum Gasteiger partial charge on any atom is -0.497 e. The molecule has 1 aliphatic rings. The number of amides is 1. The molecule has 4 aromatic rings. The van der Waals surface area contributed by atoms with E-state index in [0.29, 0.717) is 17.3 Å². The maximum Gasteiger partial charge on any atom is 0.273 e. The first-order valence-corrected chi connectivity index (χ1v) is 10.4. The normalized spacial score (nSPS) is 15.2. The number of nitrogens with zero attached hydrogens (tertiary/aromatic N) is 2. The van der Waals surface area contributed by atoms with Gasteiger partial charge in [0.2, 0.25) is 0 Å². The van der Waals surface area contributed by atoms with Gasteiger partial charge in [0.25, 0.3) is 5.91 Å². The molecule has 0 aliphatic carbocycles. The second kappa shape index (κ2) is 7.93. The number of fused-ring (bicyclic) bond motifs is 1. The van der Waals surface area contributed by atoms with Crippen LogP contribution in [-0.2, 0) is 6.54 Å². The summed E-state index contributed by atoms with van der Waals surface area (Å²) in [4.78, 5) is 15.3. The molecular formula is C25H20ClN3O2. The molecule has 1 aliphatic heterocycles. The number of H-pyrrole nitrogens is 1. The van der Waals surface area contributed by atoms with Crippen molar-refractivity contribution in [3.8, 4) is 17.0 Å². The molecule has 0 saturated heterocycles. The largest absolute Gasteiger partial charge is 0.497 e. The fourth-order valence-corrected chi connectivity index (χ4v) is 4.31. The van der Waals surface area contributed by atoms with Gasteiger partial charge in [-0.2, -0.15) is 5.10 Å². The van der Waals surface area contributed by atoms with Crippen LogP contribution >= 0.6 is 11.6 Å². The highest BCUT2D eigenvalue weighted by molar-refractivity contribution is 6.31. The van der Waals surface area contributed by atoms with Crippen molar-refractivity contribution in [1.29, 1.82) is 0 Å². The zero-order chi connectivity index (χ0) is 21.4. The molecule has 1 unspecified atom stereocenters. The summed E-state index contributed by atoms with van der Waals surface area (Å²) in [7, 11) is 1.64. The van der Waals surface area contributed by atoms with Crippen LogP contribution in [0.3, 0.4) is 0 Å². The van der Waals surface area contributed by atoms with Crippen molar-refractivity contribution in [2.45, 2.75) is 12.6 Å². The second-order valence-electron chi connectivity index (χ2n) is 7.43. The summed E-state index contributed by atoms with van der Waals surface area (Å²) in [5.74, 6) is 0.673. The molecule has 31 heavy (non-hydrogen) atoms. The van der Waals surface area contributed by atoms with Crippen molar-refractivity contribution in [2.24, 2.45) is 0 Å². The van der Waals surface area contributed by atoms with Gasteiger partial charge in [-0.05, 0) is 29.3 Å². The lowest BCUT2D eigenvalue weighted by molar-refractivity contribution is 0.0730. The highest BCUT2D eigenvalue weighted by atomic mass is 35.5. The van der Waals surface area contributed by atoms with E-state index in [1.165, 1.54) is 0 Å². The second-order valence-corrected chi connectivity index (χ2v) is 7.83. The van der Waals surface area contributed by atoms with Gasteiger partial charge in [-0.3, -0.25) is 9.89 Å². The average Bonchev–Trinajstić information content (AvgIpc) is 3.35. The highest BCUT2D eigenvalue weighted by Crippen LogP contribution is 2.44. The number of nitrogens with one attached hydrogen (secondary N) is 1. The van der Waals surface area contributed by atoms with Crippen molar-refractivity contribution in [3.63, 3.8) is 0 Å². The number of hydrogen-bond donors (Lipinski definition) is 1. The minimum atomic E-state index is -0.293. The topological polar surface area (TPSA) is 58.2 Å². The van der Waals surface area contributed by atoms with Gasteiger partial charge in [0.1, 0.15) is 11.4 Å². The number of rotatable bonds is 5. The molecule has 3 aromatic carbocycles. The molecule has 0 saturated carbocycles. The molecule has 1 N–H and O–H groups in total. The van der Waals surface area contributed by atoms with Crippen LogP contribution in [0.2, 0.25) is 5.02 Å². The van der Waals surface area contributed by atoms with Crippen LogP contribution in [0.4, 0.5) is 0 Å². The molecule has 6 heteroatoms. The first kappa shape index (κ1) is 19.4. The van der Waals surface area contributed by atoms with Crippen LogP contribution < -0.4 is 4.74 Å². The van der Waals surface area contributed by atoms with Gasteiger partial charge < -0.3 is 9.64 Å².